The van der Waals surface area contributed by atoms with Crippen LogP contribution in [-0.2, 0) is 4.74 Å². The van der Waals surface area contributed by atoms with E-state index < -0.39 is 0 Å². The molecule has 1 aromatic carbocycles. The Morgan fingerprint density at radius 3 is 2.94 bits per heavy atom. The van der Waals surface area contributed by atoms with E-state index in [4.69, 9.17) is 4.74 Å². The summed E-state index contributed by atoms with van der Waals surface area (Å²) in [7, 11) is 0. The Morgan fingerprint density at radius 2 is 2.25 bits per heavy atom. The topological polar surface area (TPSA) is 26.3 Å². The number of carbonyl (C=O) groups excluding carboxylic acids is 1. The van der Waals surface area contributed by atoms with E-state index in [-0.39, 0.29) is 5.97 Å². The van der Waals surface area contributed by atoms with E-state index >= 15 is 0 Å². The van der Waals surface area contributed by atoms with Crippen molar-refractivity contribution in [2.45, 2.75) is 13.8 Å². The number of fused-ring (bicyclic) bond motifs is 1. The van der Waals surface area contributed by atoms with Gasteiger partial charge in [0.25, 0.3) is 0 Å². The molecule has 84 valence electrons. The summed E-state index contributed by atoms with van der Waals surface area (Å²) in [5, 5.41) is 1.08. The van der Waals surface area contributed by atoms with Crippen molar-refractivity contribution >= 4 is 43.3 Å². The number of esters is 1. The first-order valence-corrected chi connectivity index (χ1v) is 6.60. The van der Waals surface area contributed by atoms with Crippen LogP contribution >= 0.6 is 27.3 Å². The van der Waals surface area contributed by atoms with Crippen molar-refractivity contribution in [3.8, 4) is 0 Å². The van der Waals surface area contributed by atoms with Crippen molar-refractivity contribution in [2.75, 3.05) is 6.61 Å². The second-order valence-corrected chi connectivity index (χ2v) is 5.32. The summed E-state index contributed by atoms with van der Waals surface area (Å²) in [5.41, 5.74) is 1.17. The zero-order chi connectivity index (χ0) is 11.7. The van der Waals surface area contributed by atoms with Crippen LogP contribution in [0, 0.1) is 6.92 Å². The lowest BCUT2D eigenvalue weighted by Gasteiger charge is -1.97. The lowest BCUT2D eigenvalue weighted by Crippen LogP contribution is -2.01. The highest BCUT2D eigenvalue weighted by Gasteiger charge is 2.13. The van der Waals surface area contributed by atoms with Gasteiger partial charge in [-0.25, -0.2) is 4.79 Å². The fourth-order valence-electron chi connectivity index (χ4n) is 1.49. The van der Waals surface area contributed by atoms with Crippen LogP contribution in [0.25, 0.3) is 10.1 Å². The molecule has 4 heteroatoms. The van der Waals surface area contributed by atoms with Crippen LogP contribution in [0.5, 0.6) is 0 Å². The maximum absolute atomic E-state index is 11.6. The maximum Gasteiger partial charge on any atom is 0.348 e. The summed E-state index contributed by atoms with van der Waals surface area (Å²) >= 11 is 5.00. The first-order chi connectivity index (χ1) is 7.63. The van der Waals surface area contributed by atoms with Crippen molar-refractivity contribution in [1.82, 2.24) is 0 Å². The van der Waals surface area contributed by atoms with Crippen LogP contribution in [0.3, 0.4) is 0 Å². The predicted octanol–water partition coefficient (Wildman–Crippen LogP) is 4.15. The largest absolute Gasteiger partial charge is 0.462 e. The predicted molar refractivity (Wildman–Crippen MR) is 70.2 cm³/mol. The summed E-state index contributed by atoms with van der Waals surface area (Å²) in [5.74, 6) is -0.242. The van der Waals surface area contributed by atoms with Gasteiger partial charge in [0.1, 0.15) is 4.88 Å². The van der Waals surface area contributed by atoms with Gasteiger partial charge in [0.05, 0.1) is 6.61 Å². The van der Waals surface area contributed by atoms with Crippen molar-refractivity contribution in [3.05, 3.63) is 33.1 Å². The quantitative estimate of drug-likeness (QED) is 0.779. The molecule has 1 heterocycles. The smallest absolute Gasteiger partial charge is 0.348 e. The summed E-state index contributed by atoms with van der Waals surface area (Å²) < 4.78 is 7.13. The Bertz CT molecular complexity index is 545. The number of aryl methyl sites for hydroxylation is 1. The van der Waals surface area contributed by atoms with Gasteiger partial charge in [-0.15, -0.1) is 11.3 Å². The zero-order valence-corrected chi connectivity index (χ0v) is 11.4. The molecule has 0 fully saturated rings. The van der Waals surface area contributed by atoms with Gasteiger partial charge < -0.3 is 4.74 Å². The van der Waals surface area contributed by atoms with E-state index in [0.717, 1.165) is 14.6 Å². The molecule has 0 spiro atoms. The summed E-state index contributed by atoms with van der Waals surface area (Å²) in [6.07, 6.45) is 0. The van der Waals surface area contributed by atoms with Crippen LogP contribution in [0.4, 0.5) is 0 Å². The first kappa shape index (κ1) is 11.6. The average molecular weight is 299 g/mol. The highest BCUT2D eigenvalue weighted by atomic mass is 79.9. The molecule has 0 aliphatic carbocycles. The lowest BCUT2D eigenvalue weighted by atomic mass is 10.2. The third kappa shape index (κ3) is 1.99. The van der Waals surface area contributed by atoms with Crippen molar-refractivity contribution in [2.24, 2.45) is 0 Å². The molecule has 0 amide bonds. The van der Waals surface area contributed by atoms with Crippen molar-refractivity contribution < 1.29 is 9.53 Å². The van der Waals surface area contributed by atoms with E-state index in [1.165, 1.54) is 16.9 Å². The zero-order valence-electron chi connectivity index (χ0n) is 9.04. The van der Waals surface area contributed by atoms with Gasteiger partial charge in [-0.3, -0.25) is 0 Å². The third-order valence-corrected chi connectivity index (χ3v) is 4.44. The molecule has 0 N–H and O–H groups in total. The minimum Gasteiger partial charge on any atom is -0.462 e. The Labute approximate surface area is 106 Å². The molecule has 16 heavy (non-hydrogen) atoms. The van der Waals surface area contributed by atoms with Crippen molar-refractivity contribution in [1.29, 1.82) is 0 Å². The van der Waals surface area contributed by atoms with Crippen molar-refractivity contribution in [3.63, 3.8) is 0 Å². The van der Waals surface area contributed by atoms with Crippen LogP contribution in [-0.4, -0.2) is 12.6 Å². The molecule has 0 aliphatic rings. The number of rotatable bonds is 2. The molecule has 0 radical (unpaired) electrons. The molecule has 1 aromatic heterocycles. The molecule has 0 saturated heterocycles. The Balaban J connectivity index is 2.52. The molecular formula is C12H11BrO2S. The standard InChI is InChI=1S/C12H11BrO2S/c1-3-15-12(14)10-6-8-9(16-10)5-4-7(2)11(8)13/h4-6H,3H2,1-2H3. The number of hydrogen-bond donors (Lipinski definition) is 0. The van der Waals surface area contributed by atoms with E-state index in [0.29, 0.717) is 11.5 Å². The normalized spacial score (nSPS) is 10.7. The second-order valence-electron chi connectivity index (χ2n) is 3.44. The van der Waals surface area contributed by atoms with Gasteiger partial charge in [0.15, 0.2) is 0 Å². The maximum atomic E-state index is 11.6. The number of halogens is 1. The number of benzene rings is 1. The van der Waals surface area contributed by atoms with Crippen LogP contribution in [0.15, 0.2) is 22.7 Å². The van der Waals surface area contributed by atoms with Gasteiger partial charge in [-0.2, -0.15) is 0 Å². The summed E-state index contributed by atoms with van der Waals surface area (Å²) in [6.45, 7) is 4.25. The van der Waals surface area contributed by atoms with Gasteiger partial charge in [-0.05, 0) is 47.5 Å². The summed E-state index contributed by atoms with van der Waals surface area (Å²) in [6, 6.07) is 5.95. The number of thiophene rings is 1. The van der Waals surface area contributed by atoms with E-state index in [1.54, 1.807) is 0 Å². The first-order valence-electron chi connectivity index (χ1n) is 4.99. The van der Waals surface area contributed by atoms with Crippen LogP contribution in [0.1, 0.15) is 22.2 Å². The molecule has 2 rings (SSSR count). The Hall–Kier alpha value is -0.870. The van der Waals surface area contributed by atoms with Gasteiger partial charge in [0, 0.05) is 14.6 Å². The molecule has 0 bridgehead atoms. The fraction of sp³-hybridized carbons (Fsp3) is 0.250. The highest BCUT2D eigenvalue weighted by Crippen LogP contribution is 2.33. The third-order valence-electron chi connectivity index (χ3n) is 2.30. The van der Waals surface area contributed by atoms with Gasteiger partial charge in [-0.1, -0.05) is 6.07 Å². The van der Waals surface area contributed by atoms with Gasteiger partial charge >= 0.3 is 5.97 Å². The minimum absolute atomic E-state index is 0.242. The van der Waals surface area contributed by atoms with E-state index in [9.17, 15) is 4.79 Å². The molecule has 0 saturated carbocycles. The highest BCUT2D eigenvalue weighted by molar-refractivity contribution is 9.10. The number of carbonyl (C=O) groups is 1. The molecule has 2 aromatic rings. The second kappa shape index (κ2) is 4.55. The molecular weight excluding hydrogens is 288 g/mol. The molecule has 2 nitrogen and oxygen atoms in total. The molecule has 0 unspecified atom stereocenters. The van der Waals surface area contributed by atoms with Crippen LogP contribution in [0.2, 0.25) is 0 Å². The number of ether oxygens (including phenoxy) is 1. The number of hydrogen-bond acceptors (Lipinski definition) is 3. The monoisotopic (exact) mass is 298 g/mol. The lowest BCUT2D eigenvalue weighted by molar-refractivity contribution is 0.0532. The Kier molecular flexibility index (Phi) is 3.30. The Morgan fingerprint density at radius 1 is 1.50 bits per heavy atom. The fourth-order valence-corrected chi connectivity index (χ4v) is 3.04. The minimum atomic E-state index is -0.242. The average Bonchev–Trinajstić information content (AvgIpc) is 2.69. The van der Waals surface area contributed by atoms with Gasteiger partial charge in [0.2, 0.25) is 0 Å². The SMILES string of the molecule is CCOC(=O)c1cc2c(Br)c(C)ccc2s1. The van der Waals surface area contributed by atoms with E-state index in [2.05, 4.69) is 15.9 Å². The van der Waals surface area contributed by atoms with E-state index in [1.807, 2.05) is 32.0 Å². The summed E-state index contributed by atoms with van der Waals surface area (Å²) in [4.78, 5) is 12.2. The van der Waals surface area contributed by atoms with Crippen LogP contribution < -0.4 is 0 Å². The molecule has 0 aliphatic heterocycles. The molecule has 0 atom stereocenters.